The fourth-order valence-corrected chi connectivity index (χ4v) is 4.75. The van der Waals surface area contributed by atoms with Crippen LogP contribution >= 0.6 is 0 Å². The molecule has 1 aromatic heterocycles. The summed E-state index contributed by atoms with van der Waals surface area (Å²) in [6.07, 6.45) is 1.84. The number of hydrogen-bond acceptors (Lipinski definition) is 4. The van der Waals surface area contributed by atoms with Crippen LogP contribution in [0.2, 0.25) is 0 Å². The lowest BCUT2D eigenvalue weighted by Crippen LogP contribution is -2.44. The van der Waals surface area contributed by atoms with Crippen molar-refractivity contribution in [2.45, 2.75) is 51.1 Å². The average molecular weight is 300 g/mol. The molecule has 1 aliphatic heterocycles. The zero-order valence-corrected chi connectivity index (χ0v) is 13.5. The normalized spacial score (nSPS) is 25.0. The molecule has 0 aromatic carbocycles. The Bertz CT molecular complexity index is 565. The number of furan rings is 1. The summed E-state index contributed by atoms with van der Waals surface area (Å²) in [5.41, 5.74) is 0. The SMILES string of the molecule is CNCc1cc(S(=O)(=O)N2CCC(C)CC2C)c(C)o1. The lowest BCUT2D eigenvalue weighted by molar-refractivity contribution is 0.220. The summed E-state index contributed by atoms with van der Waals surface area (Å²) in [6, 6.07) is 1.69. The molecule has 2 heterocycles. The van der Waals surface area contributed by atoms with E-state index in [4.69, 9.17) is 4.42 Å². The molecule has 114 valence electrons. The van der Waals surface area contributed by atoms with Crippen molar-refractivity contribution < 1.29 is 12.8 Å². The molecule has 5 nitrogen and oxygen atoms in total. The van der Waals surface area contributed by atoms with Crippen molar-refractivity contribution in [3.8, 4) is 0 Å². The monoisotopic (exact) mass is 300 g/mol. The molecular weight excluding hydrogens is 276 g/mol. The van der Waals surface area contributed by atoms with Gasteiger partial charge in [-0.05, 0) is 39.7 Å². The number of piperidine rings is 1. The fourth-order valence-electron chi connectivity index (χ4n) is 2.91. The van der Waals surface area contributed by atoms with Crippen molar-refractivity contribution in [2.24, 2.45) is 5.92 Å². The molecule has 6 heteroatoms. The first-order valence-corrected chi connectivity index (χ1v) is 8.56. The summed E-state index contributed by atoms with van der Waals surface area (Å²) < 4.78 is 32.7. The van der Waals surface area contributed by atoms with Crippen molar-refractivity contribution in [2.75, 3.05) is 13.6 Å². The standard InChI is InChI=1S/C14H24N2O3S/c1-10-5-6-16(11(2)7-10)20(17,18)14-8-13(9-15-4)19-12(14)3/h8,10-11,15H,5-7,9H2,1-4H3. The van der Waals surface area contributed by atoms with Crippen molar-refractivity contribution in [1.82, 2.24) is 9.62 Å². The highest BCUT2D eigenvalue weighted by atomic mass is 32.2. The van der Waals surface area contributed by atoms with Gasteiger partial charge in [-0.1, -0.05) is 6.92 Å². The average Bonchev–Trinajstić information content (AvgIpc) is 2.71. The van der Waals surface area contributed by atoms with Gasteiger partial charge in [-0.2, -0.15) is 4.31 Å². The maximum absolute atomic E-state index is 12.8. The van der Waals surface area contributed by atoms with Crippen molar-refractivity contribution in [3.63, 3.8) is 0 Å². The zero-order chi connectivity index (χ0) is 14.9. The maximum atomic E-state index is 12.8. The molecule has 2 rings (SSSR count). The summed E-state index contributed by atoms with van der Waals surface area (Å²) in [4.78, 5) is 0.309. The molecule has 0 spiro atoms. The van der Waals surface area contributed by atoms with Crippen LogP contribution in [-0.4, -0.2) is 32.4 Å². The van der Waals surface area contributed by atoms with Crippen LogP contribution in [0.5, 0.6) is 0 Å². The second-order valence-corrected chi connectivity index (χ2v) is 7.62. The second-order valence-electron chi connectivity index (χ2n) is 5.76. The quantitative estimate of drug-likeness (QED) is 0.925. The number of hydrogen-bond donors (Lipinski definition) is 1. The lowest BCUT2D eigenvalue weighted by Gasteiger charge is -2.35. The van der Waals surface area contributed by atoms with E-state index in [1.165, 1.54) is 0 Å². The molecular formula is C14H24N2O3S. The zero-order valence-electron chi connectivity index (χ0n) is 12.6. The van der Waals surface area contributed by atoms with E-state index in [-0.39, 0.29) is 6.04 Å². The molecule has 2 atom stereocenters. The molecule has 0 aliphatic carbocycles. The van der Waals surface area contributed by atoms with Gasteiger partial charge in [-0.25, -0.2) is 8.42 Å². The van der Waals surface area contributed by atoms with Gasteiger partial charge in [0.05, 0.1) is 6.54 Å². The first-order chi connectivity index (χ1) is 9.36. The van der Waals surface area contributed by atoms with E-state index in [2.05, 4.69) is 12.2 Å². The van der Waals surface area contributed by atoms with Crippen LogP contribution < -0.4 is 5.32 Å². The Morgan fingerprint density at radius 1 is 1.45 bits per heavy atom. The van der Waals surface area contributed by atoms with Crippen molar-refractivity contribution in [3.05, 3.63) is 17.6 Å². The number of nitrogens with one attached hydrogen (secondary N) is 1. The Hall–Kier alpha value is -0.850. The smallest absolute Gasteiger partial charge is 0.246 e. The Morgan fingerprint density at radius 2 is 2.15 bits per heavy atom. The highest BCUT2D eigenvalue weighted by Gasteiger charge is 2.35. The van der Waals surface area contributed by atoms with Gasteiger partial charge in [0.1, 0.15) is 16.4 Å². The molecule has 1 saturated heterocycles. The Morgan fingerprint density at radius 3 is 2.75 bits per heavy atom. The van der Waals surface area contributed by atoms with Crippen LogP contribution in [0.25, 0.3) is 0 Å². The highest BCUT2D eigenvalue weighted by Crippen LogP contribution is 2.30. The third-order valence-corrected chi connectivity index (χ3v) is 6.06. The molecule has 0 amide bonds. The van der Waals surface area contributed by atoms with E-state index >= 15 is 0 Å². The molecule has 1 aromatic rings. The summed E-state index contributed by atoms with van der Waals surface area (Å²) in [6.45, 7) is 6.99. The van der Waals surface area contributed by atoms with E-state index in [1.807, 2.05) is 6.92 Å². The number of rotatable bonds is 4. The van der Waals surface area contributed by atoms with Crippen LogP contribution in [0, 0.1) is 12.8 Å². The van der Waals surface area contributed by atoms with E-state index < -0.39 is 10.0 Å². The minimum atomic E-state index is -3.45. The minimum absolute atomic E-state index is 0.0470. The summed E-state index contributed by atoms with van der Waals surface area (Å²) in [5.74, 6) is 1.71. The molecule has 0 radical (unpaired) electrons. The molecule has 1 fully saturated rings. The molecule has 2 unspecified atom stereocenters. The van der Waals surface area contributed by atoms with Crippen LogP contribution in [-0.2, 0) is 16.6 Å². The lowest BCUT2D eigenvalue weighted by atomic mass is 9.95. The third kappa shape index (κ3) is 2.92. The van der Waals surface area contributed by atoms with Gasteiger partial charge in [-0.3, -0.25) is 0 Å². The second kappa shape index (κ2) is 5.87. The van der Waals surface area contributed by atoms with Gasteiger partial charge in [-0.15, -0.1) is 0 Å². The van der Waals surface area contributed by atoms with E-state index in [9.17, 15) is 8.42 Å². The minimum Gasteiger partial charge on any atom is -0.464 e. The van der Waals surface area contributed by atoms with Gasteiger partial charge in [0.25, 0.3) is 0 Å². The first-order valence-electron chi connectivity index (χ1n) is 7.12. The van der Waals surface area contributed by atoms with E-state index in [0.717, 1.165) is 12.8 Å². The topological polar surface area (TPSA) is 62.6 Å². The predicted molar refractivity (Wildman–Crippen MR) is 78.0 cm³/mol. The molecule has 20 heavy (non-hydrogen) atoms. The fraction of sp³-hybridized carbons (Fsp3) is 0.714. The summed E-state index contributed by atoms with van der Waals surface area (Å²) in [5, 5.41) is 2.97. The highest BCUT2D eigenvalue weighted by molar-refractivity contribution is 7.89. The molecule has 0 bridgehead atoms. The van der Waals surface area contributed by atoms with Gasteiger partial charge in [0, 0.05) is 18.7 Å². The van der Waals surface area contributed by atoms with Crippen molar-refractivity contribution in [1.29, 1.82) is 0 Å². The number of aryl methyl sites for hydroxylation is 1. The van der Waals surface area contributed by atoms with Crippen LogP contribution in [0.1, 0.15) is 38.2 Å². The molecule has 1 aliphatic rings. The first kappa shape index (κ1) is 15.5. The van der Waals surface area contributed by atoms with Crippen LogP contribution in [0.3, 0.4) is 0 Å². The van der Waals surface area contributed by atoms with Crippen molar-refractivity contribution >= 4 is 10.0 Å². The maximum Gasteiger partial charge on any atom is 0.246 e. The Labute approximate surface area is 121 Å². The van der Waals surface area contributed by atoms with Gasteiger partial charge < -0.3 is 9.73 Å². The number of nitrogens with zero attached hydrogens (tertiary/aromatic N) is 1. The summed E-state index contributed by atoms with van der Waals surface area (Å²) in [7, 11) is -1.65. The number of sulfonamides is 1. The largest absolute Gasteiger partial charge is 0.464 e. The van der Waals surface area contributed by atoms with Gasteiger partial charge in [0.2, 0.25) is 10.0 Å². The molecule has 1 N–H and O–H groups in total. The molecule has 0 saturated carbocycles. The van der Waals surface area contributed by atoms with Crippen LogP contribution in [0.15, 0.2) is 15.4 Å². The Kier molecular flexibility index (Phi) is 4.56. The van der Waals surface area contributed by atoms with E-state index in [0.29, 0.717) is 35.4 Å². The van der Waals surface area contributed by atoms with Gasteiger partial charge in [0.15, 0.2) is 0 Å². The van der Waals surface area contributed by atoms with Gasteiger partial charge >= 0.3 is 0 Å². The van der Waals surface area contributed by atoms with Crippen LogP contribution in [0.4, 0.5) is 0 Å². The Balaban J connectivity index is 2.30. The third-order valence-electron chi connectivity index (χ3n) is 3.94. The van der Waals surface area contributed by atoms with E-state index in [1.54, 1.807) is 24.3 Å². The summed E-state index contributed by atoms with van der Waals surface area (Å²) >= 11 is 0. The predicted octanol–water partition coefficient (Wildman–Crippen LogP) is 2.12.